The van der Waals surface area contributed by atoms with E-state index in [0.717, 1.165) is 53.9 Å². The maximum Gasteiger partial charge on any atom is 0.342 e. The van der Waals surface area contributed by atoms with Crippen molar-refractivity contribution in [2.24, 2.45) is 0 Å². The number of fused-ring (bicyclic) bond motifs is 2. The number of nitro groups is 2. The molecule has 1 fully saturated rings. The number of anilines is 2. The van der Waals surface area contributed by atoms with Gasteiger partial charge in [-0.1, -0.05) is 24.3 Å². The lowest BCUT2D eigenvalue weighted by molar-refractivity contribution is -0.394. The zero-order valence-electron chi connectivity index (χ0n) is 23.2. The van der Waals surface area contributed by atoms with Crippen LogP contribution in [0.3, 0.4) is 0 Å². The van der Waals surface area contributed by atoms with Crippen molar-refractivity contribution < 1.29 is 24.5 Å². The average molecular weight is 585 g/mol. The molecule has 4 aromatic rings. The number of carbonyl (C=O) groups excluding carboxylic acids is 1. The van der Waals surface area contributed by atoms with Crippen molar-refractivity contribution >= 4 is 51.9 Å². The van der Waals surface area contributed by atoms with E-state index < -0.39 is 32.8 Å². The molecule has 2 aliphatic heterocycles. The molecular weight excluding hydrogens is 556 g/mol. The average Bonchev–Trinajstić information content (AvgIpc) is 3.60. The van der Waals surface area contributed by atoms with Crippen LogP contribution >= 0.6 is 0 Å². The molecule has 2 aromatic carbocycles. The number of nitrogens with zero attached hydrogens (tertiary/aromatic N) is 5. The van der Waals surface area contributed by atoms with Crippen molar-refractivity contribution in [3.05, 3.63) is 104 Å². The molecule has 0 bridgehead atoms. The van der Waals surface area contributed by atoms with Gasteiger partial charge in [-0.3, -0.25) is 34.8 Å². The Labute approximate surface area is 245 Å². The van der Waals surface area contributed by atoms with Crippen LogP contribution in [0.15, 0.2) is 66.7 Å². The molecule has 1 atom stereocenters. The molecule has 1 saturated heterocycles. The summed E-state index contributed by atoms with van der Waals surface area (Å²) in [5.41, 5.74) is 4.64. The maximum absolute atomic E-state index is 11.8. The lowest BCUT2D eigenvalue weighted by Gasteiger charge is -2.29. The Hall–Kier alpha value is -5.43. The molecular formula is C30H28N6O7. The fourth-order valence-corrected chi connectivity index (χ4v) is 5.65. The number of H-pyrrole nitrogens is 1. The van der Waals surface area contributed by atoms with Crippen molar-refractivity contribution in [3.63, 3.8) is 0 Å². The minimum Gasteiger partial charge on any atom is -0.477 e. The van der Waals surface area contributed by atoms with Gasteiger partial charge in [0.15, 0.2) is 0 Å². The Bertz CT molecular complexity index is 1750. The standard InChI is InChI=1S/C23H24N4O.C7H4N2O6/c1-16-22(17-11-13-26-12-5-8-19(26)14-17)23-20(24-16)9-10-21(25-23)27(15-28)18-6-3-2-4-7-18;10-7(11)5-2-1-4(8(12)13)3-6(5)9(14)15/h2-4,6-7,9-11,15,19,24H,5,8,12-14H2,1H3;1-3H,(H,10,11). The second-order valence-corrected chi connectivity index (χ2v) is 10.2. The molecule has 13 nitrogen and oxygen atoms in total. The largest absolute Gasteiger partial charge is 0.477 e. The number of nitrogens with one attached hydrogen (secondary N) is 1. The van der Waals surface area contributed by atoms with Gasteiger partial charge in [0.05, 0.1) is 32.6 Å². The minimum atomic E-state index is -1.50. The van der Waals surface area contributed by atoms with Crippen molar-refractivity contribution in [1.29, 1.82) is 0 Å². The zero-order chi connectivity index (χ0) is 30.7. The number of non-ortho nitro benzene ring substituents is 1. The van der Waals surface area contributed by atoms with Crippen LogP contribution in [-0.4, -0.2) is 61.3 Å². The maximum atomic E-state index is 11.8. The molecule has 6 rings (SSSR count). The second kappa shape index (κ2) is 12.2. The van der Waals surface area contributed by atoms with Gasteiger partial charge in [-0.25, -0.2) is 9.78 Å². The summed E-state index contributed by atoms with van der Waals surface area (Å²) in [6.45, 7) is 4.36. The lowest BCUT2D eigenvalue weighted by atomic mass is 9.93. The predicted octanol–water partition coefficient (Wildman–Crippen LogP) is 5.62. The molecule has 0 radical (unpaired) electrons. The summed E-state index contributed by atoms with van der Waals surface area (Å²) < 4.78 is 0. The number of para-hydroxylation sites is 1. The third-order valence-electron chi connectivity index (χ3n) is 7.67. The smallest absolute Gasteiger partial charge is 0.342 e. The highest BCUT2D eigenvalue weighted by Gasteiger charge is 2.30. The summed E-state index contributed by atoms with van der Waals surface area (Å²) >= 11 is 0. The van der Waals surface area contributed by atoms with E-state index >= 15 is 0 Å². The van der Waals surface area contributed by atoms with Gasteiger partial charge >= 0.3 is 5.97 Å². The molecule has 43 heavy (non-hydrogen) atoms. The molecule has 4 heterocycles. The highest BCUT2D eigenvalue weighted by atomic mass is 16.6. The molecule has 2 aliphatic rings. The van der Waals surface area contributed by atoms with Gasteiger partial charge < -0.3 is 10.1 Å². The van der Waals surface area contributed by atoms with E-state index in [1.54, 1.807) is 4.90 Å². The van der Waals surface area contributed by atoms with E-state index in [1.165, 1.54) is 30.5 Å². The quantitative estimate of drug-likeness (QED) is 0.159. The summed E-state index contributed by atoms with van der Waals surface area (Å²) in [6, 6.07) is 16.6. The van der Waals surface area contributed by atoms with Crippen molar-refractivity contribution in [1.82, 2.24) is 14.9 Å². The molecule has 0 aliphatic carbocycles. The number of carboxylic acids is 1. The van der Waals surface area contributed by atoms with Crippen LogP contribution in [0.25, 0.3) is 16.6 Å². The highest BCUT2D eigenvalue weighted by Crippen LogP contribution is 2.37. The number of aromatic nitrogens is 2. The van der Waals surface area contributed by atoms with E-state index in [1.807, 2.05) is 42.5 Å². The van der Waals surface area contributed by atoms with Crippen molar-refractivity contribution in [2.75, 3.05) is 18.0 Å². The van der Waals surface area contributed by atoms with E-state index in [4.69, 9.17) is 10.1 Å². The summed E-state index contributed by atoms with van der Waals surface area (Å²) in [5.74, 6) is -0.857. The number of pyridine rings is 1. The normalized spacial score (nSPS) is 16.0. The molecule has 2 aromatic heterocycles. The van der Waals surface area contributed by atoms with Gasteiger partial charge in [0.25, 0.3) is 11.4 Å². The van der Waals surface area contributed by atoms with Crippen LogP contribution in [0.1, 0.15) is 40.9 Å². The Morgan fingerprint density at radius 3 is 2.56 bits per heavy atom. The highest BCUT2D eigenvalue weighted by molar-refractivity contribution is 5.95. The lowest BCUT2D eigenvalue weighted by Crippen LogP contribution is -2.32. The topological polar surface area (TPSA) is 176 Å². The first-order valence-corrected chi connectivity index (χ1v) is 13.6. The zero-order valence-corrected chi connectivity index (χ0v) is 23.2. The predicted molar refractivity (Wildman–Crippen MR) is 159 cm³/mol. The Morgan fingerprint density at radius 1 is 1.12 bits per heavy atom. The number of carboxylic acid groups (broad SMARTS) is 1. The summed E-state index contributed by atoms with van der Waals surface area (Å²) in [5, 5.41) is 29.3. The van der Waals surface area contributed by atoms with E-state index in [0.29, 0.717) is 17.9 Å². The van der Waals surface area contributed by atoms with Crippen molar-refractivity contribution in [2.45, 2.75) is 32.2 Å². The number of aromatic carboxylic acids is 1. The van der Waals surface area contributed by atoms with Crippen molar-refractivity contribution in [3.8, 4) is 0 Å². The molecule has 1 unspecified atom stereocenters. The molecule has 220 valence electrons. The number of carbonyl (C=O) groups is 2. The number of aromatic amines is 1. The van der Waals surface area contributed by atoms with Crippen LogP contribution in [0, 0.1) is 27.2 Å². The number of hydrogen-bond donors (Lipinski definition) is 2. The summed E-state index contributed by atoms with van der Waals surface area (Å²) in [4.78, 5) is 53.8. The van der Waals surface area contributed by atoms with E-state index in [9.17, 15) is 29.8 Å². The first-order chi connectivity index (χ1) is 20.7. The van der Waals surface area contributed by atoms with E-state index in [2.05, 4.69) is 22.9 Å². The fourth-order valence-electron chi connectivity index (χ4n) is 5.65. The fraction of sp³-hybridized carbons (Fsp3) is 0.233. The minimum absolute atomic E-state index is 0.522. The number of rotatable bonds is 7. The number of nitro benzene ring substituents is 2. The number of aryl methyl sites for hydroxylation is 1. The monoisotopic (exact) mass is 584 g/mol. The molecule has 0 saturated carbocycles. The SMILES string of the molecule is Cc1[nH]c2ccc(N(C=O)c3ccccc3)nc2c1C1=CCN2CCCC2C1.O=C(O)c1ccc([N+](=O)[O-])cc1[N+](=O)[O-]. The third-order valence-corrected chi connectivity index (χ3v) is 7.67. The van der Waals surface area contributed by atoms with Crippen LogP contribution in [0.2, 0.25) is 0 Å². The number of benzene rings is 2. The molecule has 2 N–H and O–H groups in total. The van der Waals surface area contributed by atoms with Crippen LogP contribution < -0.4 is 4.90 Å². The number of hydrogen-bond acceptors (Lipinski definition) is 8. The first kappa shape index (κ1) is 29.1. The molecule has 13 heteroatoms. The number of amides is 1. The Balaban J connectivity index is 0.000000209. The third kappa shape index (κ3) is 5.97. The summed E-state index contributed by atoms with van der Waals surface area (Å²) in [6.07, 6.45) is 6.85. The Morgan fingerprint density at radius 2 is 1.88 bits per heavy atom. The summed E-state index contributed by atoms with van der Waals surface area (Å²) in [7, 11) is 0. The van der Waals surface area contributed by atoms with Gasteiger partial charge in [0, 0.05) is 29.9 Å². The van der Waals surface area contributed by atoms with Crippen LogP contribution in [0.4, 0.5) is 22.9 Å². The van der Waals surface area contributed by atoms with Crippen LogP contribution in [0.5, 0.6) is 0 Å². The van der Waals surface area contributed by atoms with Gasteiger partial charge in [0.2, 0.25) is 6.41 Å². The van der Waals surface area contributed by atoms with Gasteiger partial charge in [-0.2, -0.15) is 0 Å². The van der Waals surface area contributed by atoms with E-state index in [-0.39, 0.29) is 0 Å². The first-order valence-electron chi connectivity index (χ1n) is 13.6. The van der Waals surface area contributed by atoms with Crippen LogP contribution in [-0.2, 0) is 4.79 Å². The second-order valence-electron chi connectivity index (χ2n) is 10.2. The molecule has 0 spiro atoms. The van der Waals surface area contributed by atoms with Gasteiger partial charge in [0.1, 0.15) is 11.4 Å². The van der Waals surface area contributed by atoms with Gasteiger partial charge in [-0.15, -0.1) is 0 Å². The Kier molecular flexibility index (Phi) is 8.25. The van der Waals surface area contributed by atoms with Gasteiger partial charge in [-0.05, 0) is 68.6 Å². The molecule has 1 amide bonds.